The molecule has 6 nitrogen and oxygen atoms in total. The van der Waals surface area contributed by atoms with E-state index in [2.05, 4.69) is 4.98 Å². The Bertz CT molecular complexity index is 815. The van der Waals surface area contributed by atoms with E-state index < -0.39 is 18.9 Å². The summed E-state index contributed by atoms with van der Waals surface area (Å²) < 4.78 is 47.8. The third-order valence-corrected chi connectivity index (χ3v) is 4.69. The third kappa shape index (κ3) is 5.17. The Hall–Kier alpha value is -2.26. The molecule has 0 radical (unpaired) electrons. The van der Waals surface area contributed by atoms with Gasteiger partial charge in [0.15, 0.2) is 11.7 Å². The van der Waals surface area contributed by atoms with Crippen molar-refractivity contribution in [1.82, 2.24) is 9.88 Å². The first-order valence-electron chi connectivity index (χ1n) is 8.61. The van der Waals surface area contributed by atoms with Crippen molar-refractivity contribution in [3.8, 4) is 11.3 Å². The third-order valence-electron chi connectivity index (χ3n) is 4.44. The molecule has 1 aromatic heterocycles. The molecule has 0 spiro atoms. The molecule has 0 aliphatic carbocycles. The lowest BCUT2D eigenvalue weighted by Crippen LogP contribution is -2.36. The number of hydrogen-bond donors (Lipinski definition) is 1. The van der Waals surface area contributed by atoms with Crippen molar-refractivity contribution in [3.05, 3.63) is 40.9 Å². The van der Waals surface area contributed by atoms with Crippen LogP contribution in [0.15, 0.2) is 28.7 Å². The molecule has 1 aromatic carbocycles. The highest BCUT2D eigenvalue weighted by molar-refractivity contribution is 6.30. The highest BCUT2D eigenvalue weighted by Crippen LogP contribution is 2.34. The molecule has 0 atom stereocenters. The summed E-state index contributed by atoms with van der Waals surface area (Å²) in [5.41, 5.74) is 0.888. The van der Waals surface area contributed by atoms with Gasteiger partial charge in [0.05, 0.1) is 6.61 Å². The van der Waals surface area contributed by atoms with Crippen molar-refractivity contribution in [2.75, 3.05) is 19.7 Å². The first-order chi connectivity index (χ1) is 13.2. The van der Waals surface area contributed by atoms with Crippen LogP contribution in [0.5, 0.6) is 0 Å². The zero-order chi connectivity index (χ0) is 20.3. The number of carboxylic acid groups (broad SMARTS) is 1. The molecule has 0 unspecified atom stereocenters. The van der Waals surface area contributed by atoms with Gasteiger partial charge in [-0.2, -0.15) is 13.2 Å². The van der Waals surface area contributed by atoms with E-state index in [-0.39, 0.29) is 18.2 Å². The van der Waals surface area contributed by atoms with E-state index in [9.17, 15) is 18.0 Å². The molecule has 0 bridgehead atoms. The average Bonchev–Trinajstić information content (AvgIpc) is 3.05. The Kier molecular flexibility index (Phi) is 6.14. The average molecular weight is 419 g/mol. The maximum atomic E-state index is 12.4. The molecule has 2 aromatic rings. The maximum absolute atomic E-state index is 12.4. The van der Waals surface area contributed by atoms with Crippen LogP contribution in [0.1, 0.15) is 30.3 Å². The van der Waals surface area contributed by atoms with Gasteiger partial charge >= 0.3 is 12.3 Å². The van der Waals surface area contributed by atoms with Crippen molar-refractivity contribution in [1.29, 1.82) is 0 Å². The van der Waals surface area contributed by atoms with Crippen LogP contribution in [0, 0.1) is 0 Å². The van der Waals surface area contributed by atoms with Crippen LogP contribution in [0.4, 0.5) is 18.0 Å². The van der Waals surface area contributed by atoms with Gasteiger partial charge in [0.25, 0.3) is 0 Å². The van der Waals surface area contributed by atoms with Gasteiger partial charge in [-0.05, 0) is 37.1 Å². The number of alkyl halides is 3. The SMILES string of the molecule is O=C(O)N1CCC(c2nc(COCC(F)(F)F)c(-c3ccc(Cl)cc3)o2)CC1. The molecule has 152 valence electrons. The van der Waals surface area contributed by atoms with Crippen LogP contribution in [0.25, 0.3) is 11.3 Å². The Morgan fingerprint density at radius 1 is 1.29 bits per heavy atom. The topological polar surface area (TPSA) is 75.8 Å². The predicted molar refractivity (Wildman–Crippen MR) is 94.2 cm³/mol. The van der Waals surface area contributed by atoms with Gasteiger partial charge in [0, 0.05) is 29.6 Å². The van der Waals surface area contributed by atoms with E-state index >= 15 is 0 Å². The largest absolute Gasteiger partial charge is 0.465 e. The number of aromatic nitrogens is 1. The summed E-state index contributed by atoms with van der Waals surface area (Å²) in [4.78, 5) is 16.7. The number of rotatable bonds is 5. The smallest absolute Gasteiger partial charge is 0.411 e. The fraction of sp³-hybridized carbons (Fsp3) is 0.444. The zero-order valence-corrected chi connectivity index (χ0v) is 15.5. The van der Waals surface area contributed by atoms with Gasteiger partial charge in [-0.15, -0.1) is 0 Å². The number of carbonyl (C=O) groups is 1. The highest BCUT2D eigenvalue weighted by atomic mass is 35.5. The summed E-state index contributed by atoms with van der Waals surface area (Å²) >= 11 is 5.89. The number of halogens is 4. The number of hydrogen-bond acceptors (Lipinski definition) is 4. The van der Waals surface area contributed by atoms with Crippen molar-refractivity contribution in [3.63, 3.8) is 0 Å². The molecule has 1 aliphatic heterocycles. The van der Waals surface area contributed by atoms with Crippen molar-refractivity contribution in [2.24, 2.45) is 0 Å². The molecule has 0 saturated carbocycles. The Balaban J connectivity index is 1.81. The van der Waals surface area contributed by atoms with Crippen molar-refractivity contribution in [2.45, 2.75) is 31.5 Å². The van der Waals surface area contributed by atoms with Crippen LogP contribution in [0.2, 0.25) is 5.02 Å². The number of nitrogens with zero attached hydrogens (tertiary/aromatic N) is 2. The van der Waals surface area contributed by atoms with E-state index in [0.29, 0.717) is 48.2 Å². The fourth-order valence-corrected chi connectivity index (χ4v) is 3.18. The van der Waals surface area contributed by atoms with Crippen molar-refractivity contribution < 1.29 is 32.2 Å². The molecule has 1 N–H and O–H groups in total. The van der Waals surface area contributed by atoms with Gasteiger partial charge in [-0.3, -0.25) is 0 Å². The number of likely N-dealkylation sites (tertiary alicyclic amines) is 1. The van der Waals surface area contributed by atoms with Crippen molar-refractivity contribution >= 4 is 17.7 Å². The van der Waals surface area contributed by atoms with Crippen LogP contribution in [0.3, 0.4) is 0 Å². The van der Waals surface area contributed by atoms with E-state index in [1.54, 1.807) is 24.3 Å². The molecule has 1 aliphatic rings. The molecule has 10 heteroatoms. The molecular weight excluding hydrogens is 401 g/mol. The summed E-state index contributed by atoms with van der Waals surface area (Å²) in [6.45, 7) is -1.04. The molecule has 28 heavy (non-hydrogen) atoms. The van der Waals surface area contributed by atoms with E-state index in [1.807, 2.05) is 0 Å². The maximum Gasteiger partial charge on any atom is 0.411 e. The van der Waals surface area contributed by atoms with E-state index in [0.717, 1.165) is 0 Å². The minimum absolute atomic E-state index is 0.113. The molecule has 1 fully saturated rings. The second-order valence-corrected chi connectivity index (χ2v) is 6.92. The fourth-order valence-electron chi connectivity index (χ4n) is 3.05. The molecule has 3 rings (SSSR count). The number of benzene rings is 1. The lowest BCUT2D eigenvalue weighted by Gasteiger charge is -2.28. The number of amides is 1. The van der Waals surface area contributed by atoms with E-state index in [4.69, 9.17) is 25.9 Å². The van der Waals surface area contributed by atoms with Gasteiger partial charge < -0.3 is 19.2 Å². The predicted octanol–water partition coefficient (Wildman–Crippen LogP) is 4.93. The van der Waals surface area contributed by atoms with Crippen LogP contribution >= 0.6 is 11.6 Å². The molecule has 1 amide bonds. The lowest BCUT2D eigenvalue weighted by molar-refractivity contribution is -0.176. The standard InChI is InChI=1S/C18H18ClF3N2O4/c19-13-3-1-11(2-4-13)15-14(9-27-10-18(20,21)22)23-16(28-15)12-5-7-24(8-6-12)17(25)26/h1-4,12H,5-10H2,(H,25,26). The van der Waals surface area contributed by atoms with Gasteiger partial charge in [-0.1, -0.05) is 11.6 Å². The first kappa shape index (κ1) is 20.5. The van der Waals surface area contributed by atoms with E-state index in [1.165, 1.54) is 4.90 Å². The monoisotopic (exact) mass is 418 g/mol. The van der Waals surface area contributed by atoms with Crippen LogP contribution in [-0.4, -0.2) is 47.0 Å². The Morgan fingerprint density at radius 3 is 2.50 bits per heavy atom. The summed E-state index contributed by atoms with van der Waals surface area (Å²) in [6.07, 6.45) is -4.36. The summed E-state index contributed by atoms with van der Waals surface area (Å²) in [5.74, 6) is 0.591. The first-order valence-corrected chi connectivity index (χ1v) is 8.98. The normalized spacial score (nSPS) is 15.8. The second kappa shape index (κ2) is 8.40. The quantitative estimate of drug-likeness (QED) is 0.745. The molecular formula is C18H18ClF3N2O4. The van der Waals surface area contributed by atoms with Gasteiger partial charge in [0.2, 0.25) is 0 Å². The molecule has 1 saturated heterocycles. The number of oxazole rings is 1. The summed E-state index contributed by atoms with van der Waals surface area (Å²) in [7, 11) is 0. The Morgan fingerprint density at radius 2 is 1.93 bits per heavy atom. The number of ether oxygens (including phenoxy) is 1. The number of piperidine rings is 1. The van der Waals surface area contributed by atoms with Crippen LogP contribution in [-0.2, 0) is 11.3 Å². The lowest BCUT2D eigenvalue weighted by atomic mass is 9.97. The Labute approximate surface area is 163 Å². The van der Waals surface area contributed by atoms with Crippen LogP contribution < -0.4 is 0 Å². The second-order valence-electron chi connectivity index (χ2n) is 6.49. The minimum atomic E-state index is -4.43. The molecule has 2 heterocycles. The zero-order valence-electron chi connectivity index (χ0n) is 14.7. The summed E-state index contributed by atoms with van der Waals surface area (Å²) in [5, 5.41) is 9.56. The summed E-state index contributed by atoms with van der Waals surface area (Å²) in [6, 6.07) is 6.66. The van der Waals surface area contributed by atoms with Gasteiger partial charge in [0.1, 0.15) is 12.3 Å². The minimum Gasteiger partial charge on any atom is -0.465 e. The van der Waals surface area contributed by atoms with Gasteiger partial charge in [-0.25, -0.2) is 9.78 Å². The highest BCUT2D eigenvalue weighted by Gasteiger charge is 2.30.